The van der Waals surface area contributed by atoms with Crippen molar-refractivity contribution in [3.63, 3.8) is 0 Å². The van der Waals surface area contributed by atoms with Crippen molar-refractivity contribution in [2.75, 3.05) is 26.2 Å². The van der Waals surface area contributed by atoms with Crippen LogP contribution in [0.5, 0.6) is 0 Å². The van der Waals surface area contributed by atoms with E-state index >= 15 is 0 Å². The SMILES string of the molecule is CC(=O)N1CCC(C(=O)N2C[C@@H](C(=O)O)[C@H](c3ccc(Cl)cc3)C2)CC1. The van der Waals surface area contributed by atoms with Crippen molar-refractivity contribution in [3.8, 4) is 0 Å². The number of piperidine rings is 1. The van der Waals surface area contributed by atoms with Gasteiger partial charge in [0, 0.05) is 50.0 Å². The number of carbonyl (C=O) groups excluding carboxylic acids is 2. The van der Waals surface area contributed by atoms with E-state index in [1.54, 1.807) is 21.9 Å². The molecule has 0 saturated carbocycles. The lowest BCUT2D eigenvalue weighted by atomic mass is 9.89. The number of carbonyl (C=O) groups is 3. The van der Waals surface area contributed by atoms with Crippen LogP contribution in [0.3, 0.4) is 0 Å². The average molecular weight is 379 g/mol. The first-order valence-corrected chi connectivity index (χ1v) is 9.27. The molecule has 2 fully saturated rings. The number of nitrogens with zero attached hydrogens (tertiary/aromatic N) is 2. The minimum Gasteiger partial charge on any atom is -0.481 e. The van der Waals surface area contributed by atoms with Crippen LogP contribution in [0.2, 0.25) is 5.02 Å². The average Bonchev–Trinajstić information content (AvgIpc) is 3.07. The number of aliphatic carboxylic acids is 1. The second kappa shape index (κ2) is 7.66. The molecule has 2 saturated heterocycles. The van der Waals surface area contributed by atoms with Crippen LogP contribution in [0.25, 0.3) is 0 Å². The minimum atomic E-state index is -0.883. The van der Waals surface area contributed by atoms with Crippen LogP contribution in [-0.2, 0) is 14.4 Å². The molecule has 26 heavy (non-hydrogen) atoms. The zero-order chi connectivity index (χ0) is 18.8. The van der Waals surface area contributed by atoms with Gasteiger partial charge < -0.3 is 14.9 Å². The molecule has 1 aromatic carbocycles. The number of hydrogen-bond acceptors (Lipinski definition) is 3. The van der Waals surface area contributed by atoms with E-state index in [0.29, 0.717) is 37.5 Å². The van der Waals surface area contributed by atoms with Gasteiger partial charge in [0.1, 0.15) is 0 Å². The van der Waals surface area contributed by atoms with Gasteiger partial charge in [0.2, 0.25) is 11.8 Å². The van der Waals surface area contributed by atoms with Gasteiger partial charge in [-0.3, -0.25) is 14.4 Å². The Bertz CT molecular complexity index is 698. The quantitative estimate of drug-likeness (QED) is 0.874. The summed E-state index contributed by atoms with van der Waals surface area (Å²) in [5.41, 5.74) is 0.892. The molecule has 3 rings (SSSR count). The highest BCUT2D eigenvalue weighted by Crippen LogP contribution is 2.35. The third-order valence-corrected chi connectivity index (χ3v) is 5.79. The molecule has 6 nitrogen and oxygen atoms in total. The van der Waals surface area contributed by atoms with E-state index in [-0.39, 0.29) is 30.2 Å². The number of carboxylic acids is 1. The maximum absolute atomic E-state index is 12.9. The summed E-state index contributed by atoms with van der Waals surface area (Å²) < 4.78 is 0. The summed E-state index contributed by atoms with van der Waals surface area (Å²) >= 11 is 5.92. The largest absolute Gasteiger partial charge is 0.481 e. The number of benzene rings is 1. The summed E-state index contributed by atoms with van der Waals surface area (Å²) in [6.45, 7) is 3.35. The molecule has 0 spiro atoms. The molecule has 2 heterocycles. The normalized spacial score (nSPS) is 23.9. The van der Waals surface area contributed by atoms with E-state index in [1.165, 1.54) is 6.92 Å². The lowest BCUT2D eigenvalue weighted by Gasteiger charge is -2.32. The van der Waals surface area contributed by atoms with Crippen LogP contribution >= 0.6 is 11.6 Å². The fourth-order valence-electron chi connectivity index (χ4n) is 3.98. The van der Waals surface area contributed by atoms with E-state index in [0.717, 1.165) is 5.56 Å². The van der Waals surface area contributed by atoms with Gasteiger partial charge in [0.05, 0.1) is 5.92 Å². The molecule has 140 valence electrons. The topological polar surface area (TPSA) is 77.9 Å². The molecule has 2 aliphatic heterocycles. The third-order valence-electron chi connectivity index (χ3n) is 5.54. The molecule has 1 aromatic rings. The molecule has 0 radical (unpaired) electrons. The van der Waals surface area contributed by atoms with Crippen molar-refractivity contribution in [2.45, 2.75) is 25.7 Å². The Balaban J connectivity index is 1.69. The highest BCUT2D eigenvalue weighted by molar-refractivity contribution is 6.30. The zero-order valence-electron chi connectivity index (χ0n) is 14.7. The van der Waals surface area contributed by atoms with Gasteiger partial charge in [0.25, 0.3) is 0 Å². The maximum Gasteiger partial charge on any atom is 0.308 e. The predicted octanol–water partition coefficient (Wildman–Crippen LogP) is 2.23. The third kappa shape index (κ3) is 3.85. The van der Waals surface area contributed by atoms with Crippen molar-refractivity contribution < 1.29 is 19.5 Å². The lowest BCUT2D eigenvalue weighted by Crippen LogP contribution is -2.43. The van der Waals surface area contributed by atoms with Crippen LogP contribution in [0.1, 0.15) is 31.2 Å². The molecule has 1 N–H and O–H groups in total. The number of halogens is 1. The zero-order valence-corrected chi connectivity index (χ0v) is 15.5. The van der Waals surface area contributed by atoms with Crippen LogP contribution < -0.4 is 0 Å². The molecule has 2 amide bonds. The van der Waals surface area contributed by atoms with Gasteiger partial charge in [0.15, 0.2) is 0 Å². The second-order valence-corrected chi connectivity index (χ2v) is 7.56. The number of hydrogen-bond donors (Lipinski definition) is 1. The van der Waals surface area contributed by atoms with Crippen molar-refractivity contribution in [2.24, 2.45) is 11.8 Å². The Labute approximate surface area is 157 Å². The Morgan fingerprint density at radius 3 is 2.19 bits per heavy atom. The summed E-state index contributed by atoms with van der Waals surface area (Å²) in [6, 6.07) is 7.17. The second-order valence-electron chi connectivity index (χ2n) is 7.13. The van der Waals surface area contributed by atoms with Crippen molar-refractivity contribution in [3.05, 3.63) is 34.9 Å². The van der Waals surface area contributed by atoms with Gasteiger partial charge in [-0.1, -0.05) is 23.7 Å². The van der Waals surface area contributed by atoms with Gasteiger partial charge in [-0.05, 0) is 30.5 Å². The summed E-state index contributed by atoms with van der Waals surface area (Å²) in [4.78, 5) is 39.5. The monoisotopic (exact) mass is 378 g/mol. The van der Waals surface area contributed by atoms with E-state index < -0.39 is 11.9 Å². The Morgan fingerprint density at radius 2 is 1.65 bits per heavy atom. The Hall–Kier alpha value is -2.08. The van der Waals surface area contributed by atoms with Crippen LogP contribution in [0.4, 0.5) is 0 Å². The first kappa shape index (κ1) is 18.7. The molecule has 2 aliphatic rings. The van der Waals surface area contributed by atoms with Crippen molar-refractivity contribution >= 4 is 29.4 Å². The predicted molar refractivity (Wildman–Crippen MR) is 96.9 cm³/mol. The van der Waals surface area contributed by atoms with E-state index in [2.05, 4.69) is 0 Å². The summed E-state index contributed by atoms with van der Waals surface area (Å²) in [5, 5.41) is 10.2. The maximum atomic E-state index is 12.9. The number of amides is 2. The van der Waals surface area contributed by atoms with E-state index in [1.807, 2.05) is 12.1 Å². The molecule has 2 atom stereocenters. The number of carboxylic acid groups (broad SMARTS) is 1. The fourth-order valence-corrected chi connectivity index (χ4v) is 4.11. The van der Waals surface area contributed by atoms with Gasteiger partial charge >= 0.3 is 5.97 Å². The summed E-state index contributed by atoms with van der Waals surface area (Å²) in [5.74, 6) is -1.82. The van der Waals surface area contributed by atoms with Crippen LogP contribution in [-0.4, -0.2) is 58.9 Å². The fraction of sp³-hybridized carbons (Fsp3) is 0.526. The minimum absolute atomic E-state index is 0.0101. The molecular formula is C19H23ClN2O4. The standard InChI is InChI=1S/C19H23ClN2O4/c1-12(23)21-8-6-14(7-9-21)18(24)22-10-16(17(11-22)19(25)26)13-2-4-15(20)5-3-13/h2-5,14,16-17H,6-11H2,1H3,(H,25,26)/t16-,17+/m0/s1. The summed E-state index contributed by atoms with van der Waals surface area (Å²) in [7, 11) is 0. The van der Waals surface area contributed by atoms with Gasteiger partial charge in [-0.25, -0.2) is 0 Å². The van der Waals surface area contributed by atoms with Crippen molar-refractivity contribution in [1.29, 1.82) is 0 Å². The van der Waals surface area contributed by atoms with Crippen LogP contribution in [0.15, 0.2) is 24.3 Å². The number of likely N-dealkylation sites (tertiary alicyclic amines) is 2. The smallest absolute Gasteiger partial charge is 0.308 e. The van der Waals surface area contributed by atoms with E-state index in [9.17, 15) is 19.5 Å². The highest BCUT2D eigenvalue weighted by atomic mass is 35.5. The summed E-state index contributed by atoms with van der Waals surface area (Å²) in [6.07, 6.45) is 1.27. The molecule has 7 heteroatoms. The van der Waals surface area contributed by atoms with Gasteiger partial charge in [-0.15, -0.1) is 0 Å². The Morgan fingerprint density at radius 1 is 1.04 bits per heavy atom. The molecule has 0 aliphatic carbocycles. The number of rotatable bonds is 3. The first-order chi connectivity index (χ1) is 12.4. The molecule has 0 bridgehead atoms. The van der Waals surface area contributed by atoms with Gasteiger partial charge in [-0.2, -0.15) is 0 Å². The lowest BCUT2D eigenvalue weighted by molar-refractivity contribution is -0.143. The first-order valence-electron chi connectivity index (χ1n) is 8.89. The molecular weight excluding hydrogens is 356 g/mol. The highest BCUT2D eigenvalue weighted by Gasteiger charge is 2.42. The molecule has 0 unspecified atom stereocenters. The Kier molecular flexibility index (Phi) is 5.51. The van der Waals surface area contributed by atoms with Crippen molar-refractivity contribution in [1.82, 2.24) is 9.80 Å². The van der Waals surface area contributed by atoms with Crippen LogP contribution in [0, 0.1) is 11.8 Å². The van der Waals surface area contributed by atoms with E-state index in [4.69, 9.17) is 11.6 Å². The molecule has 0 aromatic heterocycles.